The first-order chi connectivity index (χ1) is 13.0. The van der Waals surface area contributed by atoms with Crippen LogP contribution in [0.15, 0.2) is 23.0 Å². The molecule has 1 saturated heterocycles. The average Bonchev–Trinajstić information content (AvgIpc) is 2.87. The summed E-state index contributed by atoms with van der Waals surface area (Å²) in [6.07, 6.45) is 4.14. The minimum absolute atomic E-state index is 0.0346. The Kier molecular flexibility index (Phi) is 6.90. The third kappa shape index (κ3) is 4.53. The van der Waals surface area contributed by atoms with Crippen molar-refractivity contribution in [1.82, 2.24) is 19.4 Å². The molecule has 1 atom stereocenters. The maximum absolute atomic E-state index is 13.2. The molecule has 1 aliphatic heterocycles. The Morgan fingerprint density at radius 2 is 1.96 bits per heavy atom. The molecule has 2 heterocycles. The van der Waals surface area contributed by atoms with E-state index in [0.29, 0.717) is 17.0 Å². The summed E-state index contributed by atoms with van der Waals surface area (Å²) < 4.78 is 1.90. The van der Waals surface area contributed by atoms with Gasteiger partial charge in [0.15, 0.2) is 0 Å². The fraction of sp³-hybridized carbons (Fsp3) is 0.619. The predicted molar refractivity (Wildman–Crippen MR) is 113 cm³/mol. The van der Waals surface area contributed by atoms with E-state index in [0.717, 1.165) is 63.2 Å². The van der Waals surface area contributed by atoms with Crippen molar-refractivity contribution < 1.29 is 0 Å². The Bertz CT molecular complexity index is 835. The van der Waals surface area contributed by atoms with Gasteiger partial charge in [-0.05, 0) is 51.1 Å². The monoisotopic (exact) mass is 390 g/mol. The Labute approximate surface area is 166 Å². The lowest BCUT2D eigenvalue weighted by Crippen LogP contribution is -2.37. The molecule has 0 spiro atoms. The molecule has 1 aliphatic rings. The van der Waals surface area contributed by atoms with Gasteiger partial charge in [-0.3, -0.25) is 14.3 Å². The molecule has 0 bridgehead atoms. The number of nitrogens with zero attached hydrogens (tertiary/aromatic N) is 4. The Morgan fingerprint density at radius 3 is 2.70 bits per heavy atom. The second-order valence-electron chi connectivity index (χ2n) is 7.59. The van der Waals surface area contributed by atoms with Gasteiger partial charge in [-0.15, -0.1) is 0 Å². The lowest BCUT2D eigenvalue weighted by atomic mass is 10.1. The van der Waals surface area contributed by atoms with Crippen LogP contribution in [-0.2, 0) is 6.54 Å². The molecule has 0 radical (unpaired) electrons. The van der Waals surface area contributed by atoms with Crippen LogP contribution >= 0.6 is 11.6 Å². The maximum Gasteiger partial charge on any atom is 0.261 e. The Hall–Kier alpha value is -1.43. The fourth-order valence-corrected chi connectivity index (χ4v) is 4.20. The van der Waals surface area contributed by atoms with Crippen molar-refractivity contribution in [1.29, 1.82) is 0 Å². The number of benzene rings is 1. The molecule has 0 N–H and O–H groups in total. The molecular weight excluding hydrogens is 360 g/mol. The molecule has 1 unspecified atom stereocenters. The van der Waals surface area contributed by atoms with Crippen LogP contribution in [0.1, 0.15) is 51.4 Å². The third-order valence-corrected chi connectivity index (χ3v) is 5.68. The van der Waals surface area contributed by atoms with E-state index in [1.807, 2.05) is 16.7 Å². The Balaban J connectivity index is 2.11. The van der Waals surface area contributed by atoms with Crippen molar-refractivity contribution in [2.45, 2.75) is 52.1 Å². The molecule has 0 saturated carbocycles. The molecule has 5 nitrogen and oxygen atoms in total. The smallest absolute Gasteiger partial charge is 0.261 e. The predicted octanol–water partition coefficient (Wildman–Crippen LogP) is 3.94. The van der Waals surface area contributed by atoms with Gasteiger partial charge >= 0.3 is 0 Å². The highest BCUT2D eigenvalue weighted by molar-refractivity contribution is 6.31. The van der Waals surface area contributed by atoms with E-state index in [-0.39, 0.29) is 11.6 Å². The first-order valence-corrected chi connectivity index (χ1v) is 10.6. The summed E-state index contributed by atoms with van der Waals surface area (Å²) in [5, 5.41) is 1.20. The normalized spacial score (nSPS) is 17.9. The van der Waals surface area contributed by atoms with Gasteiger partial charge in [0.2, 0.25) is 0 Å². The van der Waals surface area contributed by atoms with Crippen molar-refractivity contribution in [2.24, 2.45) is 0 Å². The first kappa shape index (κ1) is 20.3. The highest BCUT2D eigenvalue weighted by Crippen LogP contribution is 2.27. The summed E-state index contributed by atoms with van der Waals surface area (Å²) in [5.74, 6) is 0.920. The van der Waals surface area contributed by atoms with Crippen molar-refractivity contribution in [3.05, 3.63) is 39.4 Å². The number of likely N-dealkylation sites (N-methyl/N-ethyl adjacent to an activating group) is 1. The summed E-state index contributed by atoms with van der Waals surface area (Å²) in [6, 6.07) is 5.62. The lowest BCUT2D eigenvalue weighted by Gasteiger charge is -2.31. The van der Waals surface area contributed by atoms with Gasteiger partial charge < -0.3 is 4.90 Å². The van der Waals surface area contributed by atoms with E-state index < -0.39 is 0 Å². The number of rotatable bonds is 6. The van der Waals surface area contributed by atoms with Crippen LogP contribution in [0.2, 0.25) is 5.02 Å². The molecule has 0 aliphatic carbocycles. The summed E-state index contributed by atoms with van der Waals surface area (Å²) in [6.45, 7) is 9.26. The molecule has 6 heteroatoms. The van der Waals surface area contributed by atoms with Crippen molar-refractivity contribution in [3.8, 4) is 0 Å². The zero-order valence-corrected chi connectivity index (χ0v) is 17.5. The van der Waals surface area contributed by atoms with E-state index in [2.05, 4.69) is 30.7 Å². The van der Waals surface area contributed by atoms with Crippen LogP contribution in [0.25, 0.3) is 10.9 Å². The third-order valence-electron chi connectivity index (χ3n) is 5.45. The second kappa shape index (κ2) is 9.18. The van der Waals surface area contributed by atoms with Crippen LogP contribution in [0.4, 0.5) is 0 Å². The van der Waals surface area contributed by atoms with Gasteiger partial charge in [0, 0.05) is 31.2 Å². The summed E-state index contributed by atoms with van der Waals surface area (Å²) in [5.41, 5.74) is 0.784. The lowest BCUT2D eigenvalue weighted by molar-refractivity contribution is 0.179. The maximum atomic E-state index is 13.2. The van der Waals surface area contributed by atoms with E-state index in [9.17, 15) is 4.79 Å². The standard InChI is InChI=1S/C21H31ClN4O/c1-4-7-19(25-12-6-11-24(3)13-14-25)20-23-18-9-8-16(22)15-17(18)21(27)26(20)10-5-2/h8-9,15,19H,4-7,10-14H2,1-3H3. The summed E-state index contributed by atoms with van der Waals surface area (Å²) >= 11 is 6.14. The molecule has 2 aromatic rings. The van der Waals surface area contributed by atoms with Gasteiger partial charge in [-0.1, -0.05) is 31.9 Å². The quantitative estimate of drug-likeness (QED) is 0.749. The van der Waals surface area contributed by atoms with Crippen LogP contribution < -0.4 is 5.56 Å². The number of hydrogen-bond donors (Lipinski definition) is 0. The highest BCUT2D eigenvalue weighted by atomic mass is 35.5. The van der Waals surface area contributed by atoms with Gasteiger partial charge in [-0.25, -0.2) is 4.98 Å². The van der Waals surface area contributed by atoms with Crippen LogP contribution in [0.3, 0.4) is 0 Å². The van der Waals surface area contributed by atoms with E-state index in [4.69, 9.17) is 16.6 Å². The minimum atomic E-state index is 0.0346. The van der Waals surface area contributed by atoms with Crippen molar-refractivity contribution in [3.63, 3.8) is 0 Å². The SMILES string of the molecule is CCCC(c1nc2ccc(Cl)cc2c(=O)n1CCC)N1CCCN(C)CC1. The van der Waals surface area contributed by atoms with Crippen LogP contribution in [0.5, 0.6) is 0 Å². The van der Waals surface area contributed by atoms with E-state index >= 15 is 0 Å². The topological polar surface area (TPSA) is 41.4 Å². The van der Waals surface area contributed by atoms with Crippen molar-refractivity contribution in [2.75, 3.05) is 33.2 Å². The van der Waals surface area contributed by atoms with E-state index in [1.54, 1.807) is 6.07 Å². The van der Waals surface area contributed by atoms with Gasteiger partial charge in [0.25, 0.3) is 5.56 Å². The summed E-state index contributed by atoms with van der Waals surface area (Å²) in [4.78, 5) is 23.1. The Morgan fingerprint density at radius 1 is 1.15 bits per heavy atom. The number of aromatic nitrogens is 2. The minimum Gasteiger partial charge on any atom is -0.305 e. The van der Waals surface area contributed by atoms with Crippen molar-refractivity contribution >= 4 is 22.5 Å². The number of fused-ring (bicyclic) bond motifs is 1. The molecule has 27 heavy (non-hydrogen) atoms. The average molecular weight is 391 g/mol. The molecular formula is C21H31ClN4O. The molecule has 148 valence electrons. The fourth-order valence-electron chi connectivity index (χ4n) is 4.03. The molecule has 1 aromatic carbocycles. The van der Waals surface area contributed by atoms with Gasteiger partial charge in [-0.2, -0.15) is 0 Å². The first-order valence-electron chi connectivity index (χ1n) is 10.2. The zero-order valence-electron chi connectivity index (χ0n) is 16.7. The molecule has 0 amide bonds. The summed E-state index contributed by atoms with van der Waals surface area (Å²) in [7, 11) is 2.18. The van der Waals surface area contributed by atoms with Crippen LogP contribution in [-0.4, -0.2) is 52.6 Å². The van der Waals surface area contributed by atoms with Gasteiger partial charge in [0.05, 0.1) is 16.9 Å². The highest BCUT2D eigenvalue weighted by Gasteiger charge is 2.26. The second-order valence-corrected chi connectivity index (χ2v) is 8.02. The van der Waals surface area contributed by atoms with E-state index in [1.165, 1.54) is 0 Å². The molecule has 3 rings (SSSR count). The molecule has 1 fully saturated rings. The molecule has 1 aromatic heterocycles. The van der Waals surface area contributed by atoms with Gasteiger partial charge in [0.1, 0.15) is 5.82 Å². The van der Waals surface area contributed by atoms with Crippen LogP contribution in [0, 0.1) is 0 Å². The number of halogens is 1. The zero-order chi connectivity index (χ0) is 19.4. The number of hydrogen-bond acceptors (Lipinski definition) is 4. The largest absolute Gasteiger partial charge is 0.305 e.